The fourth-order valence-corrected chi connectivity index (χ4v) is 6.00. The average molecular weight is 568 g/mol. The van der Waals surface area contributed by atoms with E-state index in [2.05, 4.69) is 32.6 Å². The minimum absolute atomic E-state index is 0.0448. The molecule has 0 saturated carbocycles. The summed E-state index contributed by atoms with van der Waals surface area (Å²) < 4.78 is 10.8. The van der Waals surface area contributed by atoms with E-state index in [1.165, 1.54) is 154 Å². The standard InChI is InChI=1S/C36H73NO3/c1-6-10-20-26-34(27-21-11-7-2)32-36(38)40-31-25-19-15-13-17-23-29-35(33-37(8-3)9-4)28-22-16-12-14-18-24-30-39-5/h34-35H,6-33H2,1-5H3. The van der Waals surface area contributed by atoms with Crippen molar-refractivity contribution in [1.29, 1.82) is 0 Å². The van der Waals surface area contributed by atoms with E-state index in [0.29, 0.717) is 18.9 Å². The summed E-state index contributed by atoms with van der Waals surface area (Å²) in [6, 6.07) is 0. The van der Waals surface area contributed by atoms with Gasteiger partial charge in [-0.25, -0.2) is 0 Å². The van der Waals surface area contributed by atoms with Gasteiger partial charge in [0.05, 0.1) is 6.61 Å². The van der Waals surface area contributed by atoms with E-state index in [9.17, 15) is 4.79 Å². The number of nitrogens with zero attached hydrogens (tertiary/aromatic N) is 1. The first kappa shape index (κ1) is 39.4. The van der Waals surface area contributed by atoms with Crippen molar-refractivity contribution in [3.63, 3.8) is 0 Å². The van der Waals surface area contributed by atoms with Crippen molar-refractivity contribution in [2.75, 3.05) is 40.0 Å². The third-order valence-corrected chi connectivity index (χ3v) is 8.78. The predicted molar refractivity (Wildman–Crippen MR) is 175 cm³/mol. The number of carbonyl (C=O) groups excluding carboxylic acids is 1. The van der Waals surface area contributed by atoms with Gasteiger partial charge < -0.3 is 14.4 Å². The lowest BCUT2D eigenvalue weighted by Crippen LogP contribution is -2.29. The zero-order valence-electron chi connectivity index (χ0n) is 28.1. The second-order valence-corrected chi connectivity index (χ2v) is 12.4. The Morgan fingerprint density at radius 2 is 0.975 bits per heavy atom. The monoisotopic (exact) mass is 568 g/mol. The van der Waals surface area contributed by atoms with Crippen molar-refractivity contribution in [2.24, 2.45) is 11.8 Å². The lowest BCUT2D eigenvalue weighted by atomic mass is 9.92. The molecule has 4 heteroatoms. The van der Waals surface area contributed by atoms with Gasteiger partial charge in [0, 0.05) is 26.7 Å². The molecule has 1 atom stereocenters. The molecule has 4 nitrogen and oxygen atoms in total. The van der Waals surface area contributed by atoms with E-state index in [-0.39, 0.29) is 5.97 Å². The number of hydrogen-bond donors (Lipinski definition) is 0. The summed E-state index contributed by atoms with van der Waals surface area (Å²) in [5.41, 5.74) is 0. The summed E-state index contributed by atoms with van der Waals surface area (Å²) in [7, 11) is 1.80. The zero-order chi connectivity index (χ0) is 29.5. The van der Waals surface area contributed by atoms with Gasteiger partial charge in [0.2, 0.25) is 0 Å². The van der Waals surface area contributed by atoms with Crippen molar-refractivity contribution in [2.45, 2.75) is 175 Å². The molecule has 0 aliphatic carbocycles. The Hall–Kier alpha value is -0.610. The zero-order valence-corrected chi connectivity index (χ0v) is 28.1. The van der Waals surface area contributed by atoms with Gasteiger partial charge in [-0.2, -0.15) is 0 Å². The molecule has 0 N–H and O–H groups in total. The maximum atomic E-state index is 12.4. The molecule has 0 aromatic rings. The molecule has 40 heavy (non-hydrogen) atoms. The van der Waals surface area contributed by atoms with Crippen LogP contribution in [0, 0.1) is 11.8 Å². The average Bonchev–Trinajstić information content (AvgIpc) is 2.95. The van der Waals surface area contributed by atoms with Crippen molar-refractivity contribution >= 4 is 5.97 Å². The molecule has 0 aromatic carbocycles. The van der Waals surface area contributed by atoms with Crippen LogP contribution >= 0.6 is 0 Å². The van der Waals surface area contributed by atoms with Crippen molar-refractivity contribution in [3.05, 3.63) is 0 Å². The fraction of sp³-hybridized carbons (Fsp3) is 0.972. The molecule has 0 spiro atoms. The van der Waals surface area contributed by atoms with Gasteiger partial charge in [0.1, 0.15) is 0 Å². The molecule has 0 rings (SSSR count). The Morgan fingerprint density at radius 1 is 0.550 bits per heavy atom. The highest BCUT2D eigenvalue weighted by Crippen LogP contribution is 2.22. The first-order valence-corrected chi connectivity index (χ1v) is 18.0. The van der Waals surface area contributed by atoms with Crippen LogP contribution in [0.15, 0.2) is 0 Å². The lowest BCUT2D eigenvalue weighted by Gasteiger charge is -2.25. The Morgan fingerprint density at radius 3 is 1.45 bits per heavy atom. The molecule has 240 valence electrons. The maximum absolute atomic E-state index is 12.4. The van der Waals surface area contributed by atoms with Crippen LogP contribution in [0.25, 0.3) is 0 Å². The SMILES string of the molecule is CCCCCC(CCCCC)CC(=O)OCCCCCCCCC(CCCCCCCCOC)CN(CC)CC. The molecule has 0 heterocycles. The molecule has 0 aliphatic rings. The number of methoxy groups -OCH3 is 1. The minimum Gasteiger partial charge on any atom is -0.466 e. The van der Waals surface area contributed by atoms with Crippen LogP contribution in [0.5, 0.6) is 0 Å². The highest BCUT2D eigenvalue weighted by atomic mass is 16.5. The summed E-state index contributed by atoms with van der Waals surface area (Å²) in [6.45, 7) is 14.3. The van der Waals surface area contributed by atoms with Crippen molar-refractivity contribution < 1.29 is 14.3 Å². The number of unbranched alkanes of at least 4 members (excludes halogenated alkanes) is 14. The summed E-state index contributed by atoms with van der Waals surface area (Å²) in [5.74, 6) is 1.44. The second-order valence-electron chi connectivity index (χ2n) is 12.4. The first-order chi connectivity index (χ1) is 19.6. The van der Waals surface area contributed by atoms with Gasteiger partial charge in [0.15, 0.2) is 0 Å². The first-order valence-electron chi connectivity index (χ1n) is 18.0. The topological polar surface area (TPSA) is 38.8 Å². The van der Waals surface area contributed by atoms with Crippen LogP contribution in [0.4, 0.5) is 0 Å². The predicted octanol–water partition coefficient (Wildman–Crippen LogP) is 10.8. The van der Waals surface area contributed by atoms with Gasteiger partial charge in [0.25, 0.3) is 0 Å². The largest absolute Gasteiger partial charge is 0.466 e. The minimum atomic E-state index is 0.0448. The lowest BCUT2D eigenvalue weighted by molar-refractivity contribution is -0.145. The molecule has 0 bridgehead atoms. The molecule has 0 radical (unpaired) electrons. The third-order valence-electron chi connectivity index (χ3n) is 8.78. The number of esters is 1. The summed E-state index contributed by atoms with van der Waals surface area (Å²) in [4.78, 5) is 15.0. The van der Waals surface area contributed by atoms with Crippen LogP contribution in [0.3, 0.4) is 0 Å². The molecule has 1 unspecified atom stereocenters. The Kier molecular flexibility index (Phi) is 30.9. The molecule has 0 amide bonds. The number of carbonyl (C=O) groups is 1. The van der Waals surface area contributed by atoms with Crippen LogP contribution in [-0.2, 0) is 14.3 Å². The van der Waals surface area contributed by atoms with E-state index in [1.54, 1.807) is 7.11 Å². The van der Waals surface area contributed by atoms with E-state index in [4.69, 9.17) is 9.47 Å². The highest BCUT2D eigenvalue weighted by Gasteiger charge is 2.15. The highest BCUT2D eigenvalue weighted by molar-refractivity contribution is 5.69. The Labute approximate surface area is 252 Å². The van der Waals surface area contributed by atoms with Crippen LogP contribution in [0.2, 0.25) is 0 Å². The van der Waals surface area contributed by atoms with E-state index < -0.39 is 0 Å². The molecule has 0 saturated heterocycles. The number of ether oxygens (including phenoxy) is 2. The Bertz CT molecular complexity index is 498. The number of hydrogen-bond acceptors (Lipinski definition) is 4. The van der Waals surface area contributed by atoms with Crippen LogP contribution in [0.1, 0.15) is 175 Å². The fourth-order valence-electron chi connectivity index (χ4n) is 6.00. The summed E-state index contributed by atoms with van der Waals surface area (Å²) >= 11 is 0. The van der Waals surface area contributed by atoms with Gasteiger partial charge in [-0.15, -0.1) is 0 Å². The number of rotatable bonds is 32. The van der Waals surface area contributed by atoms with Crippen molar-refractivity contribution in [1.82, 2.24) is 4.90 Å². The Balaban J connectivity index is 4.00. The second kappa shape index (κ2) is 31.3. The van der Waals surface area contributed by atoms with Gasteiger partial charge in [-0.3, -0.25) is 4.79 Å². The van der Waals surface area contributed by atoms with E-state index >= 15 is 0 Å². The molecule has 0 fully saturated rings. The summed E-state index contributed by atoms with van der Waals surface area (Å²) in [6.07, 6.45) is 29.0. The van der Waals surface area contributed by atoms with Gasteiger partial charge in [-0.1, -0.05) is 130 Å². The van der Waals surface area contributed by atoms with Crippen LogP contribution < -0.4 is 0 Å². The quantitative estimate of drug-likeness (QED) is 0.0598. The smallest absolute Gasteiger partial charge is 0.306 e. The maximum Gasteiger partial charge on any atom is 0.306 e. The van der Waals surface area contributed by atoms with Crippen molar-refractivity contribution in [3.8, 4) is 0 Å². The van der Waals surface area contributed by atoms with Gasteiger partial charge >= 0.3 is 5.97 Å². The van der Waals surface area contributed by atoms with Gasteiger partial charge in [-0.05, 0) is 63.5 Å². The normalized spacial score (nSPS) is 12.5. The van der Waals surface area contributed by atoms with E-state index in [1.807, 2.05) is 0 Å². The summed E-state index contributed by atoms with van der Waals surface area (Å²) in [5, 5.41) is 0. The molecule has 0 aromatic heterocycles. The van der Waals surface area contributed by atoms with Crippen LogP contribution in [-0.4, -0.2) is 50.8 Å². The molecule has 0 aliphatic heterocycles. The molecular formula is C36H73NO3. The van der Waals surface area contributed by atoms with E-state index in [0.717, 1.165) is 18.9 Å². The third kappa shape index (κ3) is 26.3. The molecular weight excluding hydrogens is 494 g/mol.